The summed E-state index contributed by atoms with van der Waals surface area (Å²) in [5, 5.41) is 17.7. The van der Waals surface area contributed by atoms with Crippen LogP contribution in [0.25, 0.3) is 0 Å². The van der Waals surface area contributed by atoms with Crippen LogP contribution in [-0.4, -0.2) is 22.2 Å². The van der Waals surface area contributed by atoms with Crippen LogP contribution in [0.15, 0.2) is 12.1 Å². The van der Waals surface area contributed by atoms with Crippen molar-refractivity contribution in [3.8, 4) is 0 Å². The summed E-state index contributed by atoms with van der Waals surface area (Å²) in [6, 6.07) is 3.62. The molecule has 2 N–H and O–H groups in total. The van der Waals surface area contributed by atoms with Crippen molar-refractivity contribution in [1.29, 1.82) is 0 Å². The summed E-state index contributed by atoms with van der Waals surface area (Å²) in [6.07, 6.45) is 1.40. The van der Waals surface area contributed by atoms with Gasteiger partial charge in [-0.1, -0.05) is 26.0 Å². The molecule has 0 saturated heterocycles. The van der Waals surface area contributed by atoms with Crippen LogP contribution >= 0.6 is 0 Å². The third kappa shape index (κ3) is 3.58. The van der Waals surface area contributed by atoms with E-state index < -0.39 is 11.9 Å². The van der Waals surface area contributed by atoms with Crippen LogP contribution in [-0.2, 0) is 35.3 Å². The Morgan fingerprint density at radius 3 is 1.72 bits per heavy atom. The Hall–Kier alpha value is -1.84. The molecule has 18 heavy (non-hydrogen) atoms. The van der Waals surface area contributed by atoms with Gasteiger partial charge in [-0.3, -0.25) is 9.59 Å². The number of carboxylic acid groups (broad SMARTS) is 2. The molecule has 0 atom stereocenters. The van der Waals surface area contributed by atoms with Crippen molar-refractivity contribution in [3.05, 3.63) is 34.4 Å². The number of hydrogen-bond donors (Lipinski definition) is 2. The molecule has 0 aliphatic heterocycles. The van der Waals surface area contributed by atoms with Crippen LogP contribution in [0.4, 0.5) is 0 Å². The van der Waals surface area contributed by atoms with Crippen molar-refractivity contribution in [1.82, 2.24) is 0 Å². The molecule has 4 heteroatoms. The SMILES string of the molecule is CCc1cc(CC(=O)O)cc(CC)c1CC(=O)O. The van der Waals surface area contributed by atoms with E-state index in [1.165, 1.54) is 0 Å². The Morgan fingerprint density at radius 1 is 0.944 bits per heavy atom. The summed E-state index contributed by atoms with van der Waals surface area (Å²) < 4.78 is 0. The minimum Gasteiger partial charge on any atom is -0.481 e. The number of rotatable bonds is 6. The van der Waals surface area contributed by atoms with Gasteiger partial charge in [0.2, 0.25) is 0 Å². The topological polar surface area (TPSA) is 74.6 Å². The number of benzene rings is 1. The fourth-order valence-corrected chi connectivity index (χ4v) is 2.16. The smallest absolute Gasteiger partial charge is 0.307 e. The van der Waals surface area contributed by atoms with E-state index in [0.717, 1.165) is 22.3 Å². The van der Waals surface area contributed by atoms with Gasteiger partial charge in [-0.25, -0.2) is 0 Å². The average molecular weight is 250 g/mol. The molecule has 0 bridgehead atoms. The second-order valence-electron chi connectivity index (χ2n) is 4.24. The summed E-state index contributed by atoms with van der Waals surface area (Å²) >= 11 is 0. The lowest BCUT2D eigenvalue weighted by Gasteiger charge is -2.14. The molecule has 1 aromatic rings. The van der Waals surface area contributed by atoms with E-state index in [2.05, 4.69) is 0 Å². The van der Waals surface area contributed by atoms with E-state index in [4.69, 9.17) is 10.2 Å². The maximum atomic E-state index is 10.9. The maximum Gasteiger partial charge on any atom is 0.307 e. The molecule has 0 unspecified atom stereocenters. The Morgan fingerprint density at radius 2 is 1.39 bits per heavy atom. The summed E-state index contributed by atoms with van der Waals surface area (Å²) in [4.78, 5) is 21.6. The van der Waals surface area contributed by atoms with Gasteiger partial charge in [-0.2, -0.15) is 0 Å². The van der Waals surface area contributed by atoms with Crippen LogP contribution in [0.1, 0.15) is 36.1 Å². The highest BCUT2D eigenvalue weighted by atomic mass is 16.4. The molecule has 1 rings (SSSR count). The van der Waals surface area contributed by atoms with Gasteiger partial charge < -0.3 is 10.2 Å². The summed E-state index contributed by atoms with van der Waals surface area (Å²) in [5.74, 6) is -1.73. The molecule has 0 aromatic heterocycles. The minimum atomic E-state index is -0.870. The van der Waals surface area contributed by atoms with Crippen LogP contribution in [0, 0.1) is 0 Å². The average Bonchev–Trinajstić information content (AvgIpc) is 2.29. The Bertz CT molecular complexity index is 438. The zero-order chi connectivity index (χ0) is 13.7. The van der Waals surface area contributed by atoms with Crippen LogP contribution in [0.5, 0.6) is 0 Å². The van der Waals surface area contributed by atoms with Crippen molar-refractivity contribution in [2.45, 2.75) is 39.5 Å². The third-order valence-electron chi connectivity index (χ3n) is 2.94. The molecule has 0 spiro atoms. The van der Waals surface area contributed by atoms with E-state index in [1.54, 1.807) is 0 Å². The van der Waals surface area contributed by atoms with E-state index >= 15 is 0 Å². The Balaban J connectivity index is 3.24. The minimum absolute atomic E-state index is 0.000300. The lowest BCUT2D eigenvalue weighted by molar-refractivity contribution is -0.137. The van der Waals surface area contributed by atoms with Crippen molar-refractivity contribution in [2.24, 2.45) is 0 Å². The second kappa shape index (κ2) is 6.19. The van der Waals surface area contributed by atoms with Gasteiger partial charge in [-0.05, 0) is 35.1 Å². The van der Waals surface area contributed by atoms with Gasteiger partial charge in [0.1, 0.15) is 0 Å². The highest BCUT2D eigenvalue weighted by Crippen LogP contribution is 2.21. The molecule has 0 saturated carbocycles. The molecule has 0 radical (unpaired) electrons. The first kappa shape index (κ1) is 14.2. The monoisotopic (exact) mass is 250 g/mol. The quantitative estimate of drug-likeness (QED) is 0.810. The first-order valence-corrected chi connectivity index (χ1v) is 6.05. The van der Waals surface area contributed by atoms with Crippen molar-refractivity contribution in [3.63, 3.8) is 0 Å². The van der Waals surface area contributed by atoms with Crippen LogP contribution < -0.4 is 0 Å². The van der Waals surface area contributed by atoms with Crippen molar-refractivity contribution >= 4 is 11.9 Å². The van der Waals surface area contributed by atoms with Crippen molar-refractivity contribution < 1.29 is 19.8 Å². The number of aliphatic carboxylic acids is 2. The molecule has 1 aromatic carbocycles. The number of carboxylic acids is 2. The Labute approximate surface area is 106 Å². The van der Waals surface area contributed by atoms with Crippen LogP contribution in [0.2, 0.25) is 0 Å². The fraction of sp³-hybridized carbons (Fsp3) is 0.429. The number of hydrogen-bond acceptors (Lipinski definition) is 2. The van der Waals surface area contributed by atoms with E-state index in [-0.39, 0.29) is 12.8 Å². The van der Waals surface area contributed by atoms with E-state index in [1.807, 2.05) is 26.0 Å². The molecule has 98 valence electrons. The summed E-state index contributed by atoms with van der Waals surface area (Å²) in [5.41, 5.74) is 3.45. The van der Waals surface area contributed by atoms with E-state index in [0.29, 0.717) is 12.8 Å². The lowest BCUT2D eigenvalue weighted by Crippen LogP contribution is -2.09. The normalized spacial score (nSPS) is 10.3. The fourth-order valence-electron chi connectivity index (χ4n) is 2.16. The number of carbonyl (C=O) groups is 2. The predicted molar refractivity (Wildman–Crippen MR) is 67.9 cm³/mol. The van der Waals surface area contributed by atoms with Crippen molar-refractivity contribution in [2.75, 3.05) is 0 Å². The molecular weight excluding hydrogens is 232 g/mol. The molecule has 0 heterocycles. The van der Waals surface area contributed by atoms with Gasteiger partial charge in [0.05, 0.1) is 12.8 Å². The second-order valence-corrected chi connectivity index (χ2v) is 4.24. The molecule has 0 aliphatic carbocycles. The van der Waals surface area contributed by atoms with Gasteiger partial charge in [0.15, 0.2) is 0 Å². The Kier molecular flexibility index (Phi) is 4.89. The first-order chi connectivity index (χ1) is 8.47. The first-order valence-electron chi connectivity index (χ1n) is 6.05. The summed E-state index contributed by atoms with van der Waals surface area (Å²) in [6.45, 7) is 3.90. The van der Waals surface area contributed by atoms with Gasteiger partial charge >= 0.3 is 11.9 Å². The molecule has 0 aliphatic rings. The zero-order valence-corrected chi connectivity index (χ0v) is 10.7. The van der Waals surface area contributed by atoms with Gasteiger partial charge in [-0.15, -0.1) is 0 Å². The number of aryl methyl sites for hydroxylation is 2. The lowest BCUT2D eigenvalue weighted by atomic mass is 9.91. The molecule has 0 amide bonds. The van der Waals surface area contributed by atoms with Crippen LogP contribution in [0.3, 0.4) is 0 Å². The third-order valence-corrected chi connectivity index (χ3v) is 2.94. The maximum absolute atomic E-state index is 10.9. The molecular formula is C14H18O4. The summed E-state index contributed by atoms with van der Waals surface area (Å²) in [7, 11) is 0. The predicted octanol–water partition coefficient (Wildman–Crippen LogP) is 2.07. The van der Waals surface area contributed by atoms with Gasteiger partial charge in [0.25, 0.3) is 0 Å². The zero-order valence-electron chi connectivity index (χ0n) is 10.7. The molecule has 4 nitrogen and oxygen atoms in total. The standard InChI is InChI=1S/C14H18O4/c1-3-10-5-9(7-13(15)16)6-11(4-2)12(10)8-14(17)18/h5-6H,3-4,7-8H2,1-2H3,(H,15,16)(H,17,18). The van der Waals surface area contributed by atoms with E-state index in [9.17, 15) is 9.59 Å². The van der Waals surface area contributed by atoms with Gasteiger partial charge in [0, 0.05) is 0 Å². The highest BCUT2D eigenvalue weighted by molar-refractivity contribution is 5.73. The highest BCUT2D eigenvalue weighted by Gasteiger charge is 2.13. The largest absolute Gasteiger partial charge is 0.481 e. The molecule has 0 fully saturated rings.